The van der Waals surface area contributed by atoms with Crippen molar-refractivity contribution in [1.82, 2.24) is 24.9 Å². The van der Waals surface area contributed by atoms with Gasteiger partial charge in [-0.15, -0.1) is 0 Å². The van der Waals surface area contributed by atoms with Gasteiger partial charge in [0.25, 0.3) is 0 Å². The number of piperazine rings is 1. The summed E-state index contributed by atoms with van der Waals surface area (Å²) in [6, 6.07) is 12.1. The highest BCUT2D eigenvalue weighted by Crippen LogP contribution is 2.25. The van der Waals surface area contributed by atoms with Gasteiger partial charge in [0.15, 0.2) is 5.96 Å². The lowest BCUT2D eigenvalue weighted by Gasteiger charge is -2.40. The Morgan fingerprint density at radius 3 is 2.66 bits per heavy atom. The van der Waals surface area contributed by atoms with Crippen LogP contribution in [-0.2, 0) is 4.74 Å². The molecule has 0 bridgehead atoms. The second-order valence-corrected chi connectivity index (χ2v) is 9.35. The third-order valence-electron chi connectivity index (χ3n) is 7.10. The van der Waals surface area contributed by atoms with Crippen LogP contribution >= 0.6 is 0 Å². The maximum Gasteiger partial charge on any atom is 0.193 e. The van der Waals surface area contributed by atoms with Gasteiger partial charge in [0, 0.05) is 77.5 Å². The summed E-state index contributed by atoms with van der Waals surface area (Å²) in [4.78, 5) is 15.2. The molecule has 2 unspecified atom stereocenters. The van der Waals surface area contributed by atoms with E-state index < -0.39 is 0 Å². The summed E-state index contributed by atoms with van der Waals surface area (Å²) in [5.41, 5.74) is 1.43. The van der Waals surface area contributed by atoms with Crippen molar-refractivity contribution in [3.8, 4) is 0 Å². The zero-order valence-corrected chi connectivity index (χ0v) is 20.1. The molecule has 7 heteroatoms. The van der Waals surface area contributed by atoms with Crippen LogP contribution in [0, 0.1) is 0 Å². The van der Waals surface area contributed by atoms with Gasteiger partial charge in [-0.05, 0) is 32.4 Å². The molecule has 3 heterocycles. The topological polar surface area (TPSA) is 46.6 Å². The van der Waals surface area contributed by atoms with E-state index in [1.165, 1.54) is 12.0 Å². The number of nitrogens with one attached hydrogen (secondary N) is 1. The van der Waals surface area contributed by atoms with E-state index in [-0.39, 0.29) is 0 Å². The van der Waals surface area contributed by atoms with Crippen LogP contribution in [0.2, 0.25) is 0 Å². The smallest absolute Gasteiger partial charge is 0.193 e. The van der Waals surface area contributed by atoms with Gasteiger partial charge >= 0.3 is 0 Å². The Balaban J connectivity index is 1.29. The number of nitrogens with zero attached hydrogens (tertiary/aromatic N) is 5. The molecule has 0 spiro atoms. The second-order valence-electron chi connectivity index (χ2n) is 9.35. The molecule has 3 fully saturated rings. The number of ether oxygens (including phenoxy) is 1. The highest BCUT2D eigenvalue weighted by Gasteiger charge is 2.30. The molecular formula is C25H42N6O. The largest absolute Gasteiger partial charge is 0.379 e. The minimum Gasteiger partial charge on any atom is -0.379 e. The average molecular weight is 443 g/mol. The summed E-state index contributed by atoms with van der Waals surface area (Å²) >= 11 is 0. The minimum absolute atomic E-state index is 0.486. The molecule has 2 atom stereocenters. The highest BCUT2D eigenvalue weighted by atomic mass is 16.5. The SMILES string of the molecule is CCNC(=NCCCN1CCN(C)CC1c1ccccc1)N1CCC(N2CCOCC2)C1. The van der Waals surface area contributed by atoms with Gasteiger partial charge in [-0.3, -0.25) is 14.8 Å². The molecule has 0 radical (unpaired) electrons. The Kier molecular flexibility index (Phi) is 8.79. The molecule has 1 aromatic carbocycles. The summed E-state index contributed by atoms with van der Waals surface area (Å²) < 4.78 is 5.53. The zero-order valence-electron chi connectivity index (χ0n) is 20.1. The van der Waals surface area contributed by atoms with Crippen molar-refractivity contribution in [1.29, 1.82) is 0 Å². The second kappa shape index (κ2) is 12.0. The molecule has 3 aliphatic heterocycles. The quantitative estimate of drug-likeness (QED) is 0.394. The Bertz CT molecular complexity index is 708. The van der Waals surface area contributed by atoms with Crippen LogP contribution in [0.4, 0.5) is 0 Å². The van der Waals surface area contributed by atoms with Crippen LogP contribution in [0.15, 0.2) is 35.3 Å². The molecule has 0 amide bonds. The molecule has 0 aliphatic carbocycles. The molecule has 1 aromatic rings. The molecule has 3 saturated heterocycles. The normalized spacial score (nSPS) is 26.6. The lowest BCUT2D eigenvalue weighted by atomic mass is 10.0. The molecule has 178 valence electrons. The van der Waals surface area contributed by atoms with Crippen LogP contribution in [-0.4, -0.2) is 117 Å². The third kappa shape index (κ3) is 6.22. The number of morpholine rings is 1. The van der Waals surface area contributed by atoms with Gasteiger partial charge in [0.1, 0.15) is 0 Å². The van der Waals surface area contributed by atoms with Crippen molar-refractivity contribution < 1.29 is 4.74 Å². The monoisotopic (exact) mass is 442 g/mol. The molecule has 1 N–H and O–H groups in total. The Hall–Kier alpha value is -1.67. The molecule has 4 rings (SSSR count). The number of hydrogen-bond donors (Lipinski definition) is 1. The maximum atomic E-state index is 5.53. The first-order chi connectivity index (χ1) is 15.7. The number of guanidine groups is 1. The molecule has 0 aromatic heterocycles. The number of aliphatic imine (C=N–C) groups is 1. The predicted octanol–water partition coefficient (Wildman–Crippen LogP) is 1.74. The van der Waals surface area contributed by atoms with Crippen molar-refractivity contribution in [2.75, 3.05) is 85.7 Å². The number of likely N-dealkylation sites (N-methyl/N-ethyl adjacent to an activating group) is 1. The van der Waals surface area contributed by atoms with Crippen molar-refractivity contribution in [2.24, 2.45) is 4.99 Å². The van der Waals surface area contributed by atoms with E-state index in [0.717, 1.165) is 91.0 Å². The fraction of sp³-hybridized carbons (Fsp3) is 0.720. The van der Waals surface area contributed by atoms with Crippen molar-refractivity contribution in [3.05, 3.63) is 35.9 Å². The molecular weight excluding hydrogens is 400 g/mol. The third-order valence-corrected chi connectivity index (χ3v) is 7.10. The zero-order chi connectivity index (χ0) is 22.2. The fourth-order valence-corrected chi connectivity index (χ4v) is 5.28. The fourth-order valence-electron chi connectivity index (χ4n) is 5.28. The number of hydrogen-bond acceptors (Lipinski definition) is 5. The lowest BCUT2D eigenvalue weighted by Crippen LogP contribution is -2.47. The van der Waals surface area contributed by atoms with Gasteiger partial charge in [0.05, 0.1) is 13.2 Å². The number of likely N-dealkylation sites (tertiary alicyclic amines) is 1. The first-order valence-electron chi connectivity index (χ1n) is 12.6. The van der Waals surface area contributed by atoms with Crippen LogP contribution in [0.1, 0.15) is 31.4 Å². The Labute approximate surface area is 194 Å². The van der Waals surface area contributed by atoms with Crippen LogP contribution in [0.5, 0.6) is 0 Å². The summed E-state index contributed by atoms with van der Waals surface area (Å²) in [6.45, 7) is 14.5. The predicted molar refractivity (Wildman–Crippen MR) is 131 cm³/mol. The van der Waals surface area contributed by atoms with Crippen molar-refractivity contribution in [2.45, 2.75) is 31.8 Å². The van der Waals surface area contributed by atoms with Gasteiger partial charge in [-0.25, -0.2) is 0 Å². The van der Waals surface area contributed by atoms with E-state index in [9.17, 15) is 0 Å². The first kappa shape index (κ1) is 23.5. The van der Waals surface area contributed by atoms with E-state index in [2.05, 4.69) is 69.2 Å². The molecule has 7 nitrogen and oxygen atoms in total. The van der Waals surface area contributed by atoms with Crippen LogP contribution in [0.25, 0.3) is 0 Å². The van der Waals surface area contributed by atoms with Crippen LogP contribution in [0.3, 0.4) is 0 Å². The minimum atomic E-state index is 0.486. The number of rotatable bonds is 7. The highest BCUT2D eigenvalue weighted by molar-refractivity contribution is 5.80. The van der Waals surface area contributed by atoms with Crippen LogP contribution < -0.4 is 5.32 Å². The molecule has 0 saturated carbocycles. The molecule has 3 aliphatic rings. The van der Waals surface area contributed by atoms with E-state index >= 15 is 0 Å². The van der Waals surface area contributed by atoms with Gasteiger partial charge in [0.2, 0.25) is 0 Å². The van der Waals surface area contributed by atoms with Gasteiger partial charge in [-0.2, -0.15) is 0 Å². The lowest BCUT2D eigenvalue weighted by molar-refractivity contribution is 0.0195. The standard InChI is InChI=1S/C25H42N6O/c1-3-26-25(31-13-10-23(20-31)29-16-18-32-19-17-29)27-11-7-12-30-15-14-28(2)21-24(30)22-8-5-4-6-9-22/h4-6,8-9,23-24H,3,7,10-21H2,1-2H3,(H,26,27). The Morgan fingerprint density at radius 1 is 1.06 bits per heavy atom. The maximum absolute atomic E-state index is 5.53. The molecule has 32 heavy (non-hydrogen) atoms. The summed E-state index contributed by atoms with van der Waals surface area (Å²) in [5.74, 6) is 1.10. The van der Waals surface area contributed by atoms with E-state index in [1.54, 1.807) is 0 Å². The summed E-state index contributed by atoms with van der Waals surface area (Å²) in [7, 11) is 2.24. The van der Waals surface area contributed by atoms with E-state index in [1.807, 2.05) is 0 Å². The first-order valence-corrected chi connectivity index (χ1v) is 12.6. The van der Waals surface area contributed by atoms with Gasteiger partial charge < -0.3 is 19.9 Å². The summed E-state index contributed by atoms with van der Waals surface area (Å²) in [6.07, 6.45) is 2.33. The van der Waals surface area contributed by atoms with E-state index in [4.69, 9.17) is 9.73 Å². The van der Waals surface area contributed by atoms with Crippen molar-refractivity contribution in [3.63, 3.8) is 0 Å². The van der Waals surface area contributed by atoms with Gasteiger partial charge in [-0.1, -0.05) is 30.3 Å². The Morgan fingerprint density at radius 2 is 1.88 bits per heavy atom. The van der Waals surface area contributed by atoms with E-state index in [0.29, 0.717) is 12.1 Å². The average Bonchev–Trinajstić information content (AvgIpc) is 3.33. The van der Waals surface area contributed by atoms with Crippen molar-refractivity contribution >= 4 is 5.96 Å². The number of benzene rings is 1. The summed E-state index contributed by atoms with van der Waals surface area (Å²) in [5, 5.41) is 3.54.